The fourth-order valence-electron chi connectivity index (χ4n) is 4.57. The Labute approximate surface area is 204 Å². The molecule has 1 atom stereocenters. The number of piperidine rings is 1. The molecule has 1 saturated heterocycles. The zero-order valence-electron chi connectivity index (χ0n) is 19.1. The molecule has 1 heterocycles. The molecule has 3 N–H and O–H groups in total. The lowest BCUT2D eigenvalue weighted by molar-refractivity contribution is 0.150. The maximum Gasteiger partial charge on any atom is 0.191 e. The fraction of sp³-hybridized carbons (Fsp3) is 0.696. The summed E-state index contributed by atoms with van der Waals surface area (Å²) in [6.07, 6.45) is 7.01. The van der Waals surface area contributed by atoms with Crippen molar-refractivity contribution in [3.8, 4) is 11.5 Å². The number of aliphatic imine (C=N–C) groups is 1. The number of nitrogens with one attached hydrogen (secondary N) is 2. The van der Waals surface area contributed by atoms with E-state index in [0.29, 0.717) is 23.1 Å². The summed E-state index contributed by atoms with van der Waals surface area (Å²) in [6.45, 7) is 5.41. The largest absolute Gasteiger partial charge is 0.497 e. The maximum absolute atomic E-state index is 10.7. The van der Waals surface area contributed by atoms with Gasteiger partial charge in [-0.3, -0.25) is 4.99 Å². The van der Waals surface area contributed by atoms with Crippen molar-refractivity contribution in [1.82, 2.24) is 15.5 Å². The third-order valence-corrected chi connectivity index (χ3v) is 6.27. The number of nitrogens with zero attached hydrogens (tertiary/aromatic N) is 2. The van der Waals surface area contributed by atoms with E-state index in [0.717, 1.165) is 44.5 Å². The Balaban J connectivity index is 0.00000341. The highest BCUT2D eigenvalue weighted by Crippen LogP contribution is 2.29. The maximum atomic E-state index is 10.7. The van der Waals surface area contributed by atoms with Gasteiger partial charge in [0.15, 0.2) is 5.96 Å². The summed E-state index contributed by atoms with van der Waals surface area (Å²) >= 11 is 0. The lowest BCUT2D eigenvalue weighted by Crippen LogP contribution is -2.50. The molecular formula is C23H39IN4O3. The van der Waals surface area contributed by atoms with E-state index in [1.54, 1.807) is 20.3 Å². The number of likely N-dealkylation sites (tertiary alicyclic amines) is 1. The Morgan fingerprint density at radius 2 is 1.87 bits per heavy atom. The number of benzene rings is 1. The van der Waals surface area contributed by atoms with Crippen LogP contribution >= 0.6 is 24.0 Å². The van der Waals surface area contributed by atoms with Gasteiger partial charge in [0.25, 0.3) is 0 Å². The van der Waals surface area contributed by atoms with Crippen LogP contribution in [-0.4, -0.2) is 68.4 Å². The highest BCUT2D eigenvalue weighted by Gasteiger charge is 2.27. The van der Waals surface area contributed by atoms with E-state index in [1.165, 1.54) is 25.7 Å². The number of rotatable bonds is 8. The van der Waals surface area contributed by atoms with Crippen molar-refractivity contribution in [3.63, 3.8) is 0 Å². The molecule has 176 valence electrons. The van der Waals surface area contributed by atoms with Gasteiger partial charge in [-0.1, -0.05) is 12.8 Å². The van der Waals surface area contributed by atoms with Crippen molar-refractivity contribution in [1.29, 1.82) is 0 Å². The summed E-state index contributed by atoms with van der Waals surface area (Å²) in [7, 11) is 3.21. The molecule has 0 aromatic heterocycles. The van der Waals surface area contributed by atoms with E-state index in [-0.39, 0.29) is 30.5 Å². The number of methoxy groups -OCH3 is 2. The van der Waals surface area contributed by atoms with Crippen molar-refractivity contribution in [3.05, 3.63) is 23.8 Å². The van der Waals surface area contributed by atoms with Crippen molar-refractivity contribution >= 4 is 29.9 Å². The lowest BCUT2D eigenvalue weighted by atomic mass is 10.0. The molecule has 7 nitrogen and oxygen atoms in total. The Kier molecular flexibility index (Phi) is 11.2. The van der Waals surface area contributed by atoms with Gasteiger partial charge in [-0.2, -0.15) is 0 Å². The summed E-state index contributed by atoms with van der Waals surface area (Å²) < 4.78 is 10.7. The van der Waals surface area contributed by atoms with Crippen LogP contribution in [0.5, 0.6) is 11.5 Å². The molecule has 1 saturated carbocycles. The molecule has 1 aromatic carbocycles. The van der Waals surface area contributed by atoms with Crippen LogP contribution in [0.15, 0.2) is 23.2 Å². The molecular weight excluding hydrogens is 507 g/mol. The molecule has 1 aliphatic heterocycles. The van der Waals surface area contributed by atoms with E-state index in [2.05, 4.69) is 27.4 Å². The van der Waals surface area contributed by atoms with Gasteiger partial charge in [-0.25, -0.2) is 0 Å². The van der Waals surface area contributed by atoms with Gasteiger partial charge in [0, 0.05) is 37.3 Å². The van der Waals surface area contributed by atoms with Crippen molar-refractivity contribution < 1.29 is 14.6 Å². The van der Waals surface area contributed by atoms with Gasteiger partial charge in [0.05, 0.1) is 20.8 Å². The molecule has 1 aliphatic carbocycles. The third kappa shape index (κ3) is 7.39. The highest BCUT2D eigenvalue weighted by atomic mass is 127. The second kappa shape index (κ2) is 13.3. The van der Waals surface area contributed by atoms with Gasteiger partial charge in [-0.05, 0) is 50.8 Å². The molecule has 0 radical (unpaired) electrons. The van der Waals surface area contributed by atoms with E-state index in [1.807, 2.05) is 12.1 Å². The molecule has 31 heavy (non-hydrogen) atoms. The average Bonchev–Trinajstić information content (AvgIpc) is 3.32. The van der Waals surface area contributed by atoms with Crippen molar-refractivity contribution in [2.75, 3.05) is 40.4 Å². The normalized spacial score (nSPS) is 19.5. The first-order valence-electron chi connectivity index (χ1n) is 11.3. The Morgan fingerprint density at radius 1 is 1.16 bits per heavy atom. The topological polar surface area (TPSA) is 78.4 Å². The van der Waals surface area contributed by atoms with Crippen molar-refractivity contribution in [2.24, 2.45) is 4.99 Å². The first-order valence-corrected chi connectivity index (χ1v) is 11.3. The van der Waals surface area contributed by atoms with Gasteiger partial charge >= 0.3 is 0 Å². The molecule has 1 aromatic rings. The molecule has 0 bridgehead atoms. The zero-order chi connectivity index (χ0) is 21.3. The Morgan fingerprint density at radius 3 is 2.48 bits per heavy atom. The Hall–Kier alpha value is -1.26. The van der Waals surface area contributed by atoms with E-state index < -0.39 is 6.10 Å². The Bertz CT molecular complexity index is 689. The summed E-state index contributed by atoms with van der Waals surface area (Å²) in [4.78, 5) is 7.32. The molecule has 2 aliphatic rings. The monoisotopic (exact) mass is 546 g/mol. The smallest absolute Gasteiger partial charge is 0.191 e. The second-order valence-electron chi connectivity index (χ2n) is 8.24. The van der Waals surface area contributed by atoms with Crippen LogP contribution in [0.2, 0.25) is 0 Å². The first kappa shape index (κ1) is 26.0. The predicted octanol–water partition coefficient (Wildman–Crippen LogP) is 3.32. The summed E-state index contributed by atoms with van der Waals surface area (Å²) in [5.41, 5.74) is 0.682. The SMILES string of the molecule is CCNC(=NCC(O)c1cc(OC)ccc1OC)NC1CCN(C2CCCC2)CC1.I. The number of hydrogen-bond acceptors (Lipinski definition) is 5. The highest BCUT2D eigenvalue weighted by molar-refractivity contribution is 14.0. The average molecular weight is 546 g/mol. The third-order valence-electron chi connectivity index (χ3n) is 6.27. The second-order valence-corrected chi connectivity index (χ2v) is 8.24. The number of aliphatic hydroxyl groups excluding tert-OH is 1. The minimum absolute atomic E-state index is 0. The molecule has 8 heteroatoms. The summed E-state index contributed by atoms with van der Waals surface area (Å²) in [5.74, 6) is 2.08. The van der Waals surface area contributed by atoms with Gasteiger partial charge < -0.3 is 30.1 Å². The standard InChI is InChI=1S/C23H38N4O3.HI/c1-4-24-23(26-17-11-13-27(14-12-17)18-7-5-6-8-18)25-16-21(28)20-15-19(29-2)9-10-22(20)30-3;/h9-10,15,17-18,21,28H,4-8,11-14,16H2,1-3H3,(H2,24,25,26);1H. The van der Waals surface area contributed by atoms with E-state index in [4.69, 9.17) is 9.47 Å². The summed E-state index contributed by atoms with van der Waals surface area (Å²) in [6, 6.07) is 6.66. The minimum atomic E-state index is -0.769. The molecule has 2 fully saturated rings. The number of halogens is 1. The van der Waals surface area contributed by atoms with Crippen LogP contribution in [0.3, 0.4) is 0 Å². The van der Waals surface area contributed by atoms with Crippen LogP contribution < -0.4 is 20.1 Å². The van der Waals surface area contributed by atoms with Crippen LogP contribution in [0.25, 0.3) is 0 Å². The molecule has 0 spiro atoms. The number of aliphatic hydroxyl groups is 1. The van der Waals surface area contributed by atoms with Crippen molar-refractivity contribution in [2.45, 2.75) is 63.6 Å². The van der Waals surface area contributed by atoms with E-state index in [9.17, 15) is 5.11 Å². The number of ether oxygens (including phenoxy) is 2. The summed E-state index contributed by atoms with van der Waals surface area (Å²) in [5, 5.41) is 17.6. The number of hydrogen-bond donors (Lipinski definition) is 3. The fourth-order valence-corrected chi connectivity index (χ4v) is 4.57. The van der Waals surface area contributed by atoms with E-state index >= 15 is 0 Å². The number of guanidine groups is 1. The predicted molar refractivity (Wildman–Crippen MR) is 136 cm³/mol. The molecule has 0 amide bonds. The van der Waals surface area contributed by atoms with Crippen LogP contribution in [0, 0.1) is 0 Å². The van der Waals surface area contributed by atoms with Crippen LogP contribution in [0.1, 0.15) is 57.1 Å². The minimum Gasteiger partial charge on any atom is -0.497 e. The van der Waals surface area contributed by atoms with Gasteiger partial charge in [0.1, 0.15) is 17.6 Å². The molecule has 1 unspecified atom stereocenters. The van der Waals surface area contributed by atoms with Crippen LogP contribution in [-0.2, 0) is 0 Å². The van der Waals surface area contributed by atoms with Crippen LogP contribution in [0.4, 0.5) is 0 Å². The lowest BCUT2D eigenvalue weighted by Gasteiger charge is -2.36. The molecule has 3 rings (SSSR count). The van der Waals surface area contributed by atoms with Gasteiger partial charge in [-0.15, -0.1) is 24.0 Å². The quantitative estimate of drug-likeness (QED) is 0.264. The van der Waals surface area contributed by atoms with Gasteiger partial charge in [0.2, 0.25) is 0 Å². The first-order chi connectivity index (χ1) is 14.6. The zero-order valence-corrected chi connectivity index (χ0v) is 21.4.